The second-order valence-corrected chi connectivity index (χ2v) is 16.9. The molecule has 2 amide bonds. The maximum atomic E-state index is 12.6. The zero-order valence-corrected chi connectivity index (χ0v) is 32.5. The summed E-state index contributed by atoms with van der Waals surface area (Å²) >= 11 is 0. The van der Waals surface area contributed by atoms with Gasteiger partial charge in [0.05, 0.1) is 0 Å². The smallest absolute Gasteiger partial charge is 0.334 e. The topological polar surface area (TPSA) is 79.9 Å². The van der Waals surface area contributed by atoms with Crippen molar-refractivity contribution in [3.8, 4) is 0 Å². The van der Waals surface area contributed by atoms with E-state index in [4.69, 9.17) is 8.85 Å². The van der Waals surface area contributed by atoms with Crippen LogP contribution in [0, 0.1) is 0 Å². The molecule has 0 aliphatic heterocycles. The van der Waals surface area contributed by atoms with Crippen LogP contribution >= 0.6 is 0 Å². The number of carbonyl (C=O) groups is 2. The number of amides is 2. The highest BCUT2D eigenvalue weighted by molar-refractivity contribution is 6.66. The van der Waals surface area contributed by atoms with Crippen LogP contribution in [0.15, 0.2) is 0 Å². The minimum atomic E-state index is -2.18. The molecule has 0 aromatic rings. The van der Waals surface area contributed by atoms with E-state index < -0.39 is 8.56 Å². The van der Waals surface area contributed by atoms with Gasteiger partial charge in [0.2, 0.25) is 11.8 Å². The number of rotatable bonds is 36. The van der Waals surface area contributed by atoms with Crippen molar-refractivity contribution in [3.05, 3.63) is 0 Å². The van der Waals surface area contributed by atoms with Gasteiger partial charge in [0.1, 0.15) is 0 Å². The quantitative estimate of drug-likeness (QED) is 0.0513. The van der Waals surface area contributed by atoms with Crippen molar-refractivity contribution in [1.82, 2.24) is 15.5 Å². The molecule has 0 spiro atoms. The van der Waals surface area contributed by atoms with Crippen molar-refractivity contribution >= 4 is 20.4 Å². The highest BCUT2D eigenvalue weighted by Gasteiger charge is 2.30. The standard InChI is InChI=1S/C38H79N3O4Si/c1-6-10-12-14-16-18-20-22-24-26-31-39-37(42)29-34-41(33-28-36-46(5,44-8-3)45-9-4)35-30-38(43)40-32-27-25-23-21-19-17-15-13-11-7-2/h6-36H2,1-5H3,(H,39,42)(H,40,43). The largest absolute Gasteiger partial charge is 0.395 e. The summed E-state index contributed by atoms with van der Waals surface area (Å²) in [6.45, 7) is 15.8. The molecule has 0 aliphatic rings. The molecule has 0 atom stereocenters. The predicted octanol–water partition coefficient (Wildman–Crippen LogP) is 9.68. The lowest BCUT2D eigenvalue weighted by Gasteiger charge is -2.28. The van der Waals surface area contributed by atoms with Gasteiger partial charge in [-0.3, -0.25) is 9.59 Å². The van der Waals surface area contributed by atoms with E-state index in [0.29, 0.717) is 39.1 Å². The van der Waals surface area contributed by atoms with Gasteiger partial charge in [0.15, 0.2) is 0 Å². The SMILES string of the molecule is CCCCCCCCCCCCNC(=O)CCN(CCC[Si](C)(OCC)OCC)CCC(=O)NCCCCCCCCCCCC. The lowest BCUT2D eigenvalue weighted by atomic mass is 10.1. The Hall–Kier alpha value is -0.963. The fourth-order valence-corrected chi connectivity index (χ4v) is 8.53. The Morgan fingerprint density at radius 2 is 0.848 bits per heavy atom. The Morgan fingerprint density at radius 3 is 1.20 bits per heavy atom. The maximum Gasteiger partial charge on any atom is 0.334 e. The van der Waals surface area contributed by atoms with Crippen LogP contribution in [0.5, 0.6) is 0 Å². The van der Waals surface area contributed by atoms with E-state index in [1.807, 2.05) is 13.8 Å². The molecule has 0 rings (SSSR count). The molecule has 7 nitrogen and oxygen atoms in total. The first kappa shape index (κ1) is 45.0. The van der Waals surface area contributed by atoms with E-state index in [0.717, 1.165) is 44.9 Å². The zero-order valence-electron chi connectivity index (χ0n) is 31.5. The van der Waals surface area contributed by atoms with Gasteiger partial charge in [-0.25, -0.2) is 0 Å². The second kappa shape index (κ2) is 33.9. The van der Waals surface area contributed by atoms with Crippen LogP contribution in [0.2, 0.25) is 12.6 Å². The fourth-order valence-electron chi connectivity index (χ4n) is 6.13. The molecule has 8 heteroatoms. The normalized spacial score (nSPS) is 11.8. The molecule has 0 aromatic heterocycles. The third-order valence-corrected chi connectivity index (χ3v) is 12.1. The number of nitrogens with zero attached hydrogens (tertiary/aromatic N) is 1. The minimum absolute atomic E-state index is 0.120. The van der Waals surface area contributed by atoms with Gasteiger partial charge in [-0.15, -0.1) is 0 Å². The molecule has 0 radical (unpaired) electrons. The first-order valence-corrected chi connectivity index (χ1v) is 22.5. The Bertz CT molecular complexity index is 634. The monoisotopic (exact) mass is 670 g/mol. The molecule has 0 saturated heterocycles. The van der Waals surface area contributed by atoms with Crippen LogP contribution in [0.1, 0.15) is 175 Å². The second-order valence-electron chi connectivity index (χ2n) is 13.5. The molecule has 46 heavy (non-hydrogen) atoms. The maximum absolute atomic E-state index is 12.6. The van der Waals surface area contributed by atoms with Crippen molar-refractivity contribution in [2.75, 3.05) is 45.9 Å². The van der Waals surface area contributed by atoms with Crippen LogP contribution < -0.4 is 10.6 Å². The minimum Gasteiger partial charge on any atom is -0.395 e. The summed E-state index contributed by atoms with van der Waals surface area (Å²) in [5, 5.41) is 6.26. The molecule has 0 aliphatic carbocycles. The van der Waals surface area contributed by atoms with E-state index in [1.165, 1.54) is 116 Å². The van der Waals surface area contributed by atoms with Crippen LogP contribution in [-0.4, -0.2) is 71.2 Å². The molecule has 0 unspecified atom stereocenters. The van der Waals surface area contributed by atoms with Crippen molar-refractivity contribution in [3.63, 3.8) is 0 Å². The molecule has 0 heterocycles. The van der Waals surface area contributed by atoms with E-state index in [2.05, 4.69) is 35.9 Å². The zero-order chi connectivity index (χ0) is 34.0. The molecule has 0 bridgehead atoms. The van der Waals surface area contributed by atoms with Gasteiger partial charge in [0, 0.05) is 52.2 Å². The fraction of sp³-hybridized carbons (Fsp3) is 0.947. The van der Waals surface area contributed by atoms with E-state index in [-0.39, 0.29) is 11.8 Å². The van der Waals surface area contributed by atoms with Gasteiger partial charge in [-0.05, 0) is 52.2 Å². The summed E-state index contributed by atoms with van der Waals surface area (Å²) in [5.74, 6) is 0.239. The highest BCUT2D eigenvalue weighted by atomic mass is 28.4. The molecular weight excluding hydrogens is 591 g/mol. The number of unbranched alkanes of at least 4 members (excludes halogenated alkanes) is 18. The van der Waals surface area contributed by atoms with Crippen molar-refractivity contribution < 1.29 is 18.4 Å². The van der Waals surface area contributed by atoms with Gasteiger partial charge in [0.25, 0.3) is 0 Å². The van der Waals surface area contributed by atoms with E-state index in [1.54, 1.807) is 0 Å². The van der Waals surface area contributed by atoms with Gasteiger partial charge >= 0.3 is 8.56 Å². The third-order valence-electron chi connectivity index (χ3n) is 9.02. The van der Waals surface area contributed by atoms with Crippen LogP contribution in [0.4, 0.5) is 0 Å². The number of hydrogen-bond acceptors (Lipinski definition) is 5. The molecule has 0 aromatic carbocycles. The predicted molar refractivity (Wildman–Crippen MR) is 200 cm³/mol. The Balaban J connectivity index is 4.35. The van der Waals surface area contributed by atoms with Crippen LogP contribution in [0.3, 0.4) is 0 Å². The lowest BCUT2D eigenvalue weighted by molar-refractivity contribution is -0.121. The Kier molecular flexibility index (Phi) is 33.2. The summed E-state index contributed by atoms with van der Waals surface area (Å²) in [6, 6.07) is 0.918. The third kappa shape index (κ3) is 30.4. The summed E-state index contributed by atoms with van der Waals surface area (Å²) < 4.78 is 12.1. The van der Waals surface area contributed by atoms with Gasteiger partial charge < -0.3 is 24.4 Å². The van der Waals surface area contributed by atoms with E-state index in [9.17, 15) is 9.59 Å². The average molecular weight is 670 g/mol. The summed E-state index contributed by atoms with van der Waals surface area (Å²) in [5.41, 5.74) is 0. The molecule has 274 valence electrons. The number of hydrogen-bond donors (Lipinski definition) is 2. The van der Waals surface area contributed by atoms with Gasteiger partial charge in [-0.1, -0.05) is 129 Å². The lowest BCUT2D eigenvalue weighted by Crippen LogP contribution is -2.40. The Morgan fingerprint density at radius 1 is 0.500 bits per heavy atom. The summed E-state index contributed by atoms with van der Waals surface area (Å²) in [6.07, 6.45) is 27.9. The van der Waals surface area contributed by atoms with Crippen molar-refractivity contribution in [2.24, 2.45) is 0 Å². The first-order chi connectivity index (χ1) is 22.4. The van der Waals surface area contributed by atoms with Crippen molar-refractivity contribution in [1.29, 1.82) is 0 Å². The van der Waals surface area contributed by atoms with Gasteiger partial charge in [-0.2, -0.15) is 0 Å². The number of nitrogens with one attached hydrogen (secondary N) is 2. The average Bonchev–Trinajstić information content (AvgIpc) is 3.03. The van der Waals surface area contributed by atoms with Crippen molar-refractivity contribution in [2.45, 2.75) is 188 Å². The molecular formula is C38H79N3O4Si. The Labute approximate surface area is 287 Å². The first-order valence-electron chi connectivity index (χ1n) is 19.9. The van der Waals surface area contributed by atoms with Crippen LogP contribution in [-0.2, 0) is 18.4 Å². The van der Waals surface area contributed by atoms with E-state index >= 15 is 0 Å². The molecule has 0 fully saturated rings. The molecule has 2 N–H and O–H groups in total. The number of carbonyl (C=O) groups excluding carboxylic acids is 2. The summed E-state index contributed by atoms with van der Waals surface area (Å²) in [4.78, 5) is 27.5. The summed E-state index contributed by atoms with van der Waals surface area (Å²) in [7, 11) is -2.18. The van der Waals surface area contributed by atoms with Crippen LogP contribution in [0.25, 0.3) is 0 Å². The molecule has 0 saturated carbocycles. The highest BCUT2D eigenvalue weighted by Crippen LogP contribution is 2.17.